The van der Waals surface area contributed by atoms with Gasteiger partial charge in [-0.15, -0.1) is 0 Å². The lowest BCUT2D eigenvalue weighted by Gasteiger charge is -2.30. The van der Waals surface area contributed by atoms with E-state index in [-0.39, 0.29) is 30.7 Å². The minimum absolute atomic E-state index is 0.0246. The summed E-state index contributed by atoms with van der Waals surface area (Å²) in [5.41, 5.74) is 0.417. The number of nitrogens with zero attached hydrogens (tertiary/aromatic N) is 1. The van der Waals surface area contributed by atoms with Gasteiger partial charge in [0.1, 0.15) is 11.3 Å². The first-order chi connectivity index (χ1) is 12.0. The van der Waals surface area contributed by atoms with E-state index in [1.165, 1.54) is 0 Å². The number of aliphatic hydroxyl groups excluding tert-OH is 1. The standard InChI is InChI=1S/C17H17N3O4S/c1-2-24-14(22)12-11(18)8-9-17(13(12)21)15(23)20-16(25-17)19-10-6-4-3-5-7-10/h3-7,18,21H,2,8-9H2,1H3,(H,19,20,23). The molecule has 1 aromatic carbocycles. The van der Waals surface area contributed by atoms with Gasteiger partial charge in [-0.25, -0.2) is 9.79 Å². The van der Waals surface area contributed by atoms with Crippen LogP contribution in [0.2, 0.25) is 0 Å². The first-order valence-electron chi connectivity index (χ1n) is 7.81. The number of aliphatic hydroxyl groups is 1. The summed E-state index contributed by atoms with van der Waals surface area (Å²) in [5, 5.41) is 21.6. The molecule has 0 saturated carbocycles. The van der Waals surface area contributed by atoms with Crippen LogP contribution in [0, 0.1) is 5.41 Å². The summed E-state index contributed by atoms with van der Waals surface area (Å²) in [6.45, 7) is 1.76. The van der Waals surface area contributed by atoms with Gasteiger partial charge in [-0.2, -0.15) is 0 Å². The van der Waals surface area contributed by atoms with E-state index < -0.39 is 22.4 Å². The van der Waals surface area contributed by atoms with Crippen LogP contribution in [0.4, 0.5) is 5.69 Å². The van der Waals surface area contributed by atoms with Crippen molar-refractivity contribution in [1.82, 2.24) is 5.32 Å². The normalized spacial score (nSPS) is 24.8. The largest absolute Gasteiger partial charge is 0.509 e. The highest BCUT2D eigenvalue weighted by atomic mass is 32.2. The van der Waals surface area contributed by atoms with Crippen molar-refractivity contribution in [3.63, 3.8) is 0 Å². The highest BCUT2D eigenvalue weighted by Crippen LogP contribution is 2.46. The van der Waals surface area contributed by atoms with Crippen molar-refractivity contribution in [2.75, 3.05) is 6.61 Å². The Morgan fingerprint density at radius 2 is 2.16 bits per heavy atom. The minimum atomic E-state index is -1.35. The molecule has 25 heavy (non-hydrogen) atoms. The Morgan fingerprint density at radius 3 is 2.84 bits per heavy atom. The van der Waals surface area contributed by atoms with E-state index in [4.69, 9.17) is 10.1 Å². The summed E-state index contributed by atoms with van der Waals surface area (Å²) in [6, 6.07) is 9.10. The Morgan fingerprint density at radius 1 is 1.44 bits per heavy atom. The third kappa shape index (κ3) is 3.05. The summed E-state index contributed by atoms with van der Waals surface area (Å²) < 4.78 is 3.57. The lowest BCUT2D eigenvalue weighted by atomic mass is 9.85. The van der Waals surface area contributed by atoms with Gasteiger partial charge in [0.15, 0.2) is 9.91 Å². The number of nitrogens with one attached hydrogen (secondary N) is 2. The van der Waals surface area contributed by atoms with Crippen LogP contribution >= 0.6 is 11.8 Å². The molecule has 2 aliphatic rings. The number of ether oxygens (including phenoxy) is 1. The summed E-state index contributed by atoms with van der Waals surface area (Å²) in [7, 11) is 0. The molecule has 0 bridgehead atoms. The zero-order valence-electron chi connectivity index (χ0n) is 13.5. The number of esters is 1. The number of amidine groups is 1. The number of benzene rings is 1. The second-order valence-corrected chi connectivity index (χ2v) is 6.85. The highest BCUT2D eigenvalue weighted by molar-refractivity contribution is 8.16. The van der Waals surface area contributed by atoms with E-state index in [9.17, 15) is 14.7 Å². The maximum absolute atomic E-state index is 12.6. The Bertz CT molecular complexity index is 803. The number of amides is 1. The van der Waals surface area contributed by atoms with Crippen molar-refractivity contribution in [1.29, 1.82) is 5.41 Å². The van der Waals surface area contributed by atoms with Crippen LogP contribution in [-0.2, 0) is 14.3 Å². The van der Waals surface area contributed by atoms with Crippen LogP contribution in [0.5, 0.6) is 0 Å². The average Bonchev–Trinajstić information content (AvgIpc) is 2.89. The fraction of sp³-hybridized carbons (Fsp3) is 0.294. The van der Waals surface area contributed by atoms with E-state index in [0.29, 0.717) is 10.9 Å². The summed E-state index contributed by atoms with van der Waals surface area (Å²) in [5.74, 6) is -1.66. The molecule has 3 rings (SSSR count). The average molecular weight is 359 g/mol. The zero-order chi connectivity index (χ0) is 18.0. The molecule has 1 fully saturated rings. The van der Waals surface area contributed by atoms with Crippen molar-refractivity contribution in [2.45, 2.75) is 24.5 Å². The van der Waals surface area contributed by atoms with E-state index in [2.05, 4.69) is 10.3 Å². The van der Waals surface area contributed by atoms with Gasteiger partial charge in [-0.1, -0.05) is 30.0 Å². The maximum atomic E-state index is 12.6. The molecule has 7 nitrogen and oxygen atoms in total. The molecule has 1 unspecified atom stereocenters. The minimum Gasteiger partial charge on any atom is -0.509 e. The van der Waals surface area contributed by atoms with Gasteiger partial charge >= 0.3 is 5.97 Å². The van der Waals surface area contributed by atoms with Crippen LogP contribution in [0.15, 0.2) is 46.7 Å². The van der Waals surface area contributed by atoms with Crippen LogP contribution in [0.25, 0.3) is 0 Å². The lowest BCUT2D eigenvalue weighted by molar-refractivity contribution is -0.138. The van der Waals surface area contributed by atoms with Crippen molar-refractivity contribution in [3.05, 3.63) is 41.7 Å². The molecular formula is C17H17N3O4S. The zero-order valence-corrected chi connectivity index (χ0v) is 14.4. The number of para-hydroxylation sites is 1. The summed E-state index contributed by atoms with van der Waals surface area (Å²) >= 11 is 1.06. The van der Waals surface area contributed by atoms with Gasteiger partial charge in [0, 0.05) is 5.71 Å². The van der Waals surface area contributed by atoms with Gasteiger partial charge in [-0.05, 0) is 31.9 Å². The smallest absolute Gasteiger partial charge is 0.343 e. The Kier molecular flexibility index (Phi) is 4.63. The van der Waals surface area contributed by atoms with Crippen LogP contribution in [0.3, 0.4) is 0 Å². The predicted molar refractivity (Wildman–Crippen MR) is 95.3 cm³/mol. The summed E-state index contributed by atoms with van der Waals surface area (Å²) in [6.07, 6.45) is 0.405. The first kappa shape index (κ1) is 17.2. The topological polar surface area (TPSA) is 112 Å². The van der Waals surface area contributed by atoms with Crippen LogP contribution < -0.4 is 5.32 Å². The Labute approximate surface area is 148 Å². The molecule has 1 atom stereocenters. The molecule has 1 amide bonds. The number of aliphatic imine (C=N–C) groups is 1. The van der Waals surface area contributed by atoms with Crippen LogP contribution in [-0.4, -0.2) is 39.2 Å². The number of thioether (sulfide) groups is 1. The second kappa shape index (κ2) is 6.72. The van der Waals surface area contributed by atoms with E-state index in [1.807, 2.05) is 18.2 Å². The molecule has 3 N–H and O–H groups in total. The number of hydrogen-bond donors (Lipinski definition) is 3. The third-order valence-electron chi connectivity index (χ3n) is 3.97. The van der Waals surface area contributed by atoms with Gasteiger partial charge in [-0.3, -0.25) is 4.79 Å². The molecule has 1 spiro atoms. The molecule has 1 aliphatic heterocycles. The molecule has 0 aromatic heterocycles. The predicted octanol–water partition coefficient (Wildman–Crippen LogP) is 2.46. The number of hydrogen-bond acceptors (Lipinski definition) is 7. The summed E-state index contributed by atoms with van der Waals surface area (Å²) in [4.78, 5) is 29.0. The van der Waals surface area contributed by atoms with Gasteiger partial charge < -0.3 is 20.6 Å². The SMILES string of the molecule is CCOC(=O)C1=C(O)C2(CCC1=N)SC(=Nc1ccccc1)NC2=O. The Hall–Kier alpha value is -2.61. The fourth-order valence-corrected chi connectivity index (χ4v) is 3.91. The third-order valence-corrected chi connectivity index (χ3v) is 5.29. The molecule has 1 saturated heterocycles. The Balaban J connectivity index is 1.98. The fourth-order valence-electron chi connectivity index (χ4n) is 2.74. The van der Waals surface area contributed by atoms with Gasteiger partial charge in [0.25, 0.3) is 0 Å². The molecule has 1 aliphatic carbocycles. The molecule has 1 aromatic rings. The maximum Gasteiger partial charge on any atom is 0.343 e. The van der Waals surface area contributed by atoms with Gasteiger partial charge in [0.05, 0.1) is 12.3 Å². The second-order valence-electron chi connectivity index (χ2n) is 5.56. The first-order valence-corrected chi connectivity index (χ1v) is 8.62. The molecule has 8 heteroatoms. The van der Waals surface area contributed by atoms with Crippen molar-refractivity contribution >= 4 is 40.2 Å². The van der Waals surface area contributed by atoms with E-state index in [1.54, 1.807) is 19.1 Å². The molecule has 0 radical (unpaired) electrons. The van der Waals surface area contributed by atoms with Crippen molar-refractivity contribution in [3.8, 4) is 0 Å². The molecule has 1 heterocycles. The van der Waals surface area contributed by atoms with Crippen LogP contribution in [0.1, 0.15) is 19.8 Å². The van der Waals surface area contributed by atoms with E-state index in [0.717, 1.165) is 11.8 Å². The quantitative estimate of drug-likeness (QED) is 0.718. The van der Waals surface area contributed by atoms with Gasteiger partial charge in [0.2, 0.25) is 5.91 Å². The van der Waals surface area contributed by atoms with Crippen molar-refractivity contribution in [2.24, 2.45) is 4.99 Å². The lowest BCUT2D eigenvalue weighted by Crippen LogP contribution is -2.43. The number of carbonyl (C=O) groups is 2. The highest BCUT2D eigenvalue weighted by Gasteiger charge is 2.54. The molecule has 130 valence electrons. The number of carbonyl (C=O) groups excluding carboxylic acids is 2. The number of rotatable bonds is 3. The monoisotopic (exact) mass is 359 g/mol. The van der Waals surface area contributed by atoms with Crippen molar-refractivity contribution < 1.29 is 19.4 Å². The molecular weight excluding hydrogens is 342 g/mol. The van der Waals surface area contributed by atoms with E-state index >= 15 is 0 Å².